The monoisotopic (exact) mass is 981 g/mol. The van der Waals surface area contributed by atoms with E-state index >= 15 is 0 Å². The summed E-state index contributed by atoms with van der Waals surface area (Å²) in [6.07, 6.45) is 6.31. The van der Waals surface area contributed by atoms with Gasteiger partial charge in [0.25, 0.3) is 0 Å². The zero-order valence-corrected chi connectivity index (χ0v) is 42.0. The first-order valence-corrected chi connectivity index (χ1v) is 26.0. The van der Waals surface area contributed by atoms with E-state index in [1.165, 1.54) is 27.8 Å². The molecule has 0 saturated carbocycles. The molecule has 0 saturated heterocycles. The van der Waals surface area contributed by atoms with Crippen molar-refractivity contribution in [1.29, 1.82) is 0 Å². The molecule has 0 fully saturated rings. The number of aromatic nitrogens is 3. The third-order valence-corrected chi connectivity index (χ3v) is 14.4. The van der Waals surface area contributed by atoms with Gasteiger partial charge in [-0.1, -0.05) is 212 Å². The lowest BCUT2D eigenvalue weighted by Crippen LogP contribution is -1.98. The molecule has 0 aliphatic heterocycles. The smallest absolute Gasteiger partial charge is 0.0787 e. The van der Waals surface area contributed by atoms with Crippen molar-refractivity contribution in [2.75, 3.05) is 0 Å². The standard InChI is InChI=1S/C73H57N3/c1-50-39-41-74-70(43-50)59-29-25-52(26-30-59)21-23-54-45-55(24-22-53-27-31-60(32-28-53)71-44-51(2)40-42-75-71)47-64(46-54)65-18-11-12-20-67(65)68-38-37-63(48-69(68)58-35-33-57(34-36-58)56-13-5-3-6-14-56)72-49-62-17-9-10-19-66(62)73(76-72)61-15-7-4-8-16-61/h3-20,25-49H,21-24H2,1-2H3/i1D3,2D3. The van der Waals surface area contributed by atoms with Crippen LogP contribution in [0, 0.1) is 13.7 Å². The Morgan fingerprint density at radius 1 is 0.303 bits per heavy atom. The molecule has 0 amide bonds. The lowest BCUT2D eigenvalue weighted by molar-refractivity contribution is 0.931. The van der Waals surface area contributed by atoms with Crippen LogP contribution in [0.4, 0.5) is 0 Å². The van der Waals surface area contributed by atoms with Crippen LogP contribution in [-0.2, 0) is 25.7 Å². The van der Waals surface area contributed by atoms with Crippen LogP contribution in [0.5, 0.6) is 0 Å². The first kappa shape index (κ1) is 41.1. The third-order valence-electron chi connectivity index (χ3n) is 14.4. The molecular formula is C73H57N3. The van der Waals surface area contributed by atoms with Crippen molar-refractivity contribution in [2.45, 2.75) is 39.4 Å². The molecule has 12 rings (SSSR count). The van der Waals surface area contributed by atoms with Crippen molar-refractivity contribution in [2.24, 2.45) is 0 Å². The van der Waals surface area contributed by atoms with E-state index < -0.39 is 13.7 Å². The summed E-state index contributed by atoms with van der Waals surface area (Å²) in [5.74, 6) is 0. The van der Waals surface area contributed by atoms with Gasteiger partial charge in [0, 0.05) is 48.3 Å². The molecule has 0 aliphatic rings. The van der Waals surface area contributed by atoms with Crippen LogP contribution in [0.1, 0.15) is 41.6 Å². The Morgan fingerprint density at radius 3 is 1.41 bits per heavy atom. The van der Waals surface area contributed by atoms with Gasteiger partial charge in [-0.3, -0.25) is 9.97 Å². The minimum absolute atomic E-state index is 0.272. The summed E-state index contributed by atoms with van der Waals surface area (Å²) in [6.45, 7) is -4.42. The fraction of sp³-hybridized carbons (Fsp3) is 0.0822. The Labute approximate surface area is 455 Å². The van der Waals surface area contributed by atoms with Gasteiger partial charge in [-0.05, 0) is 159 Å². The molecule has 0 unspecified atom stereocenters. The predicted octanol–water partition coefficient (Wildman–Crippen LogP) is 18.5. The van der Waals surface area contributed by atoms with Crippen molar-refractivity contribution in [1.82, 2.24) is 15.0 Å². The molecular weight excluding hydrogens is 919 g/mol. The predicted molar refractivity (Wildman–Crippen MR) is 318 cm³/mol. The molecule has 0 spiro atoms. The van der Waals surface area contributed by atoms with Crippen molar-refractivity contribution in [3.8, 4) is 89.5 Å². The molecule has 9 aromatic carbocycles. The third kappa shape index (κ3) is 10.6. The number of nitrogens with zero attached hydrogens (tertiary/aromatic N) is 3. The van der Waals surface area contributed by atoms with E-state index in [2.05, 4.69) is 198 Å². The molecule has 3 aromatic heterocycles. The van der Waals surface area contributed by atoms with E-state index in [4.69, 9.17) is 13.2 Å². The summed E-state index contributed by atoms with van der Waals surface area (Å²) in [4.78, 5) is 14.4. The summed E-state index contributed by atoms with van der Waals surface area (Å²) in [6, 6.07) is 86.1. The van der Waals surface area contributed by atoms with Crippen LogP contribution in [0.15, 0.2) is 261 Å². The van der Waals surface area contributed by atoms with Gasteiger partial charge in [-0.25, -0.2) is 4.98 Å². The second kappa shape index (κ2) is 21.6. The first-order valence-electron chi connectivity index (χ1n) is 29.0. The molecule has 0 bridgehead atoms. The molecule has 0 aliphatic carbocycles. The fourth-order valence-electron chi connectivity index (χ4n) is 10.4. The Bertz CT molecular complexity index is 4090. The summed E-state index contributed by atoms with van der Waals surface area (Å²) in [7, 11) is 0. The van der Waals surface area contributed by atoms with Crippen LogP contribution < -0.4 is 0 Å². The van der Waals surface area contributed by atoms with Crippen LogP contribution >= 0.6 is 0 Å². The highest BCUT2D eigenvalue weighted by molar-refractivity contribution is 5.98. The minimum atomic E-state index is -2.21. The first-order chi connectivity index (χ1) is 39.9. The molecule has 3 heteroatoms. The molecule has 0 N–H and O–H groups in total. The summed E-state index contributed by atoms with van der Waals surface area (Å²) >= 11 is 0. The van der Waals surface area contributed by atoms with Crippen LogP contribution in [0.3, 0.4) is 0 Å². The van der Waals surface area contributed by atoms with Crippen LogP contribution in [0.2, 0.25) is 0 Å². The van der Waals surface area contributed by atoms with Gasteiger partial charge < -0.3 is 0 Å². The molecule has 0 atom stereocenters. The van der Waals surface area contributed by atoms with Gasteiger partial charge in [0.05, 0.1) is 22.8 Å². The van der Waals surface area contributed by atoms with E-state index in [-0.39, 0.29) is 11.1 Å². The maximum atomic E-state index is 7.92. The van der Waals surface area contributed by atoms with Crippen LogP contribution in [-0.4, -0.2) is 15.0 Å². The van der Waals surface area contributed by atoms with E-state index in [0.29, 0.717) is 11.4 Å². The van der Waals surface area contributed by atoms with E-state index in [1.807, 2.05) is 36.4 Å². The maximum absolute atomic E-state index is 7.92. The molecule has 3 nitrogen and oxygen atoms in total. The second-order valence-corrected chi connectivity index (χ2v) is 19.5. The SMILES string of the molecule is [2H]C([2H])([2H])c1ccnc(-c2ccc(CCc3cc(CCc4ccc(-c5cc(C([2H])([2H])[2H])ccn5)cc4)cc(-c4ccccc4-c4ccc(-c5cc6ccccc6c(-c6ccccc6)n5)cc4-c4ccc(-c5ccccc5)cc4)c3)cc2)c1. The van der Waals surface area contributed by atoms with Crippen LogP contribution in [0.25, 0.3) is 100 Å². The highest BCUT2D eigenvalue weighted by atomic mass is 14.7. The highest BCUT2D eigenvalue weighted by Crippen LogP contribution is 2.42. The average molecular weight is 982 g/mol. The number of rotatable bonds is 14. The molecule has 76 heavy (non-hydrogen) atoms. The number of hydrogen-bond donors (Lipinski definition) is 0. The van der Waals surface area contributed by atoms with Gasteiger partial charge in [0.1, 0.15) is 0 Å². The zero-order chi connectivity index (χ0) is 56.2. The Kier molecular flexibility index (Phi) is 11.7. The van der Waals surface area contributed by atoms with Gasteiger partial charge >= 0.3 is 0 Å². The molecule has 12 aromatic rings. The maximum Gasteiger partial charge on any atom is 0.0787 e. The Balaban J connectivity index is 0.924. The summed E-state index contributed by atoms with van der Waals surface area (Å²) in [5.41, 5.74) is 21.3. The van der Waals surface area contributed by atoms with Crippen molar-refractivity contribution >= 4 is 10.8 Å². The number of aryl methyl sites for hydroxylation is 6. The van der Waals surface area contributed by atoms with Gasteiger partial charge in [-0.2, -0.15) is 0 Å². The Morgan fingerprint density at radius 2 is 0.789 bits per heavy atom. The van der Waals surface area contributed by atoms with E-state index in [1.54, 1.807) is 36.7 Å². The summed E-state index contributed by atoms with van der Waals surface area (Å²) in [5, 5.41) is 2.24. The quantitative estimate of drug-likeness (QED) is 0.109. The fourth-order valence-corrected chi connectivity index (χ4v) is 10.4. The largest absolute Gasteiger partial charge is 0.256 e. The molecule has 364 valence electrons. The second-order valence-electron chi connectivity index (χ2n) is 19.5. The topological polar surface area (TPSA) is 38.7 Å². The minimum Gasteiger partial charge on any atom is -0.256 e. The number of hydrogen-bond acceptors (Lipinski definition) is 3. The van der Waals surface area contributed by atoms with E-state index in [9.17, 15) is 0 Å². The highest BCUT2D eigenvalue weighted by Gasteiger charge is 2.18. The molecule has 3 heterocycles. The summed E-state index contributed by atoms with van der Waals surface area (Å²) < 4.78 is 47.5. The number of pyridine rings is 3. The lowest BCUT2D eigenvalue weighted by Gasteiger charge is -2.18. The number of fused-ring (bicyclic) bond motifs is 1. The van der Waals surface area contributed by atoms with Crippen molar-refractivity contribution in [3.63, 3.8) is 0 Å². The number of benzene rings is 9. The normalized spacial score (nSPS) is 12.7. The lowest BCUT2D eigenvalue weighted by atomic mass is 9.86. The van der Waals surface area contributed by atoms with Gasteiger partial charge in [-0.15, -0.1) is 0 Å². The average Bonchev–Trinajstić information content (AvgIpc) is 3.61. The van der Waals surface area contributed by atoms with Gasteiger partial charge in [0.15, 0.2) is 0 Å². The van der Waals surface area contributed by atoms with E-state index in [0.717, 1.165) is 109 Å². The Hall–Kier alpha value is -9.31. The zero-order valence-electron chi connectivity index (χ0n) is 48.0. The molecule has 0 radical (unpaired) electrons. The van der Waals surface area contributed by atoms with Crippen molar-refractivity contribution in [3.05, 3.63) is 294 Å². The van der Waals surface area contributed by atoms with Crippen molar-refractivity contribution < 1.29 is 8.22 Å². The van der Waals surface area contributed by atoms with Gasteiger partial charge in [0.2, 0.25) is 0 Å².